The van der Waals surface area contributed by atoms with Gasteiger partial charge in [0.2, 0.25) is 0 Å². The van der Waals surface area contributed by atoms with E-state index in [2.05, 4.69) is 50.3 Å². The molecule has 0 unspecified atom stereocenters. The number of hydrogen-bond donors (Lipinski definition) is 0. The summed E-state index contributed by atoms with van der Waals surface area (Å²) < 4.78 is 6.91. The maximum Gasteiger partial charge on any atom is -1.00 e. The van der Waals surface area contributed by atoms with Gasteiger partial charge in [-0.25, -0.2) is 0 Å². The molecule has 0 nitrogen and oxygen atoms in total. The molecule has 0 aliphatic heterocycles. The average molecular weight is 494 g/mol. The third-order valence-electron chi connectivity index (χ3n) is 4.69. The Kier molecular flexibility index (Phi) is 11.2. The quantitative estimate of drug-likeness (QED) is 0.426. The second kappa shape index (κ2) is 11.0. The Morgan fingerprint density at radius 2 is 1.24 bits per heavy atom. The molecule has 0 saturated carbocycles. The number of unbranched alkanes of at least 4 members (excludes halogenated alkanes) is 2. The van der Waals surface area contributed by atoms with E-state index in [9.17, 15) is 0 Å². The summed E-state index contributed by atoms with van der Waals surface area (Å²) in [5.41, 5.74) is 0. The minimum absolute atomic E-state index is 0. The molecule has 2 aliphatic rings. The predicted octanol–water partition coefficient (Wildman–Crippen LogP) is 0.273. The third kappa shape index (κ3) is 5.22. The Morgan fingerprint density at radius 1 is 0.810 bits per heavy atom. The smallest absolute Gasteiger partial charge is 1.00 e. The molecule has 0 N–H and O–H groups in total. The van der Waals surface area contributed by atoms with Gasteiger partial charge in [0.05, 0.1) is 0 Å². The molecule has 21 heavy (non-hydrogen) atoms. The van der Waals surface area contributed by atoms with Crippen LogP contribution in [-0.2, 0) is 20.0 Å². The molecule has 0 radical (unpaired) electrons. The second-order valence-electron chi connectivity index (χ2n) is 5.94. The van der Waals surface area contributed by atoms with E-state index in [-0.39, 0.29) is 24.8 Å². The molecule has 118 valence electrons. The Balaban J connectivity index is 0.00000200. The summed E-state index contributed by atoms with van der Waals surface area (Å²) in [6.07, 6.45) is 22.5. The molecular formula is C18H28Cl2Hf. The number of allylic oxidation sites excluding steroid dienone is 8. The molecule has 0 aromatic rings. The van der Waals surface area contributed by atoms with Gasteiger partial charge in [-0.05, 0) is 0 Å². The van der Waals surface area contributed by atoms with Crippen LogP contribution in [0.1, 0.15) is 52.4 Å². The number of rotatable bonds is 8. The Bertz CT molecular complexity index is 379. The van der Waals surface area contributed by atoms with Gasteiger partial charge in [0, 0.05) is 0 Å². The van der Waals surface area contributed by atoms with Crippen LogP contribution in [0.15, 0.2) is 43.1 Å². The van der Waals surface area contributed by atoms with Crippen LogP contribution in [0, 0.1) is 0 Å². The van der Waals surface area contributed by atoms with E-state index < -0.39 is 20.0 Å². The first kappa shape index (κ1) is 21.4. The van der Waals surface area contributed by atoms with Crippen molar-refractivity contribution in [3.05, 3.63) is 43.1 Å². The van der Waals surface area contributed by atoms with Crippen LogP contribution in [0.25, 0.3) is 0 Å². The topological polar surface area (TPSA) is 0 Å². The number of halogens is 2. The van der Waals surface area contributed by atoms with Crippen LogP contribution in [0.3, 0.4) is 0 Å². The fraction of sp³-hybridized carbons (Fsp3) is 0.556. The summed E-state index contributed by atoms with van der Waals surface area (Å²) in [6, 6.07) is 0. The molecule has 2 rings (SSSR count). The molecule has 0 aromatic heterocycles. The van der Waals surface area contributed by atoms with Gasteiger partial charge >= 0.3 is 124 Å². The van der Waals surface area contributed by atoms with E-state index in [0.29, 0.717) is 0 Å². The zero-order valence-electron chi connectivity index (χ0n) is 13.4. The zero-order chi connectivity index (χ0) is 13.6. The summed E-state index contributed by atoms with van der Waals surface area (Å²) in [5, 5.41) is 0. The third-order valence-corrected chi connectivity index (χ3v) is 24.9. The second-order valence-corrected chi connectivity index (χ2v) is 21.9. The molecule has 0 saturated heterocycles. The first-order chi connectivity index (χ1) is 9.33. The van der Waals surface area contributed by atoms with Gasteiger partial charge < -0.3 is 24.8 Å². The fourth-order valence-corrected chi connectivity index (χ4v) is 24.0. The van der Waals surface area contributed by atoms with E-state index in [1.165, 1.54) is 38.5 Å². The van der Waals surface area contributed by atoms with Crippen molar-refractivity contribution in [2.75, 3.05) is 0 Å². The standard InChI is InChI=1S/2C5H5.2C4H9.2ClH.Hf/c2*1-2-4-5-3-1;2*1-3-4-2;;;/h2*1-3H,4H2;2*1,3-4H2,2H3;2*1H;/q;;;;;;+2/p-2. The van der Waals surface area contributed by atoms with Crippen molar-refractivity contribution < 1.29 is 44.8 Å². The summed E-state index contributed by atoms with van der Waals surface area (Å²) >= 11 is -2.41. The van der Waals surface area contributed by atoms with Crippen LogP contribution >= 0.6 is 0 Å². The fourth-order valence-electron chi connectivity index (χ4n) is 3.53. The SMILES string of the molecule is CCC[CH2][Hf+2]([CH2]CCC)([C]1=CC=CC1)[C]1=CC=CC1.[Cl-].[Cl-]. The first-order valence-electron chi connectivity index (χ1n) is 8.06. The molecule has 0 aromatic carbocycles. The van der Waals surface area contributed by atoms with Crippen molar-refractivity contribution in [2.24, 2.45) is 0 Å². The van der Waals surface area contributed by atoms with E-state index in [1.807, 2.05) is 6.66 Å². The molecule has 0 fully saturated rings. The van der Waals surface area contributed by atoms with Crippen molar-refractivity contribution in [1.82, 2.24) is 0 Å². The maximum absolute atomic E-state index is 2.49. The molecule has 0 bridgehead atoms. The van der Waals surface area contributed by atoms with Gasteiger partial charge in [-0.3, -0.25) is 0 Å². The molecular weight excluding hydrogens is 466 g/mol. The summed E-state index contributed by atoms with van der Waals surface area (Å²) in [7, 11) is 0. The Hall–Kier alpha value is 0.410. The van der Waals surface area contributed by atoms with Crippen molar-refractivity contribution in [3.63, 3.8) is 0 Å². The minimum atomic E-state index is -2.41. The molecule has 0 spiro atoms. The molecule has 0 heterocycles. The van der Waals surface area contributed by atoms with Gasteiger partial charge in [-0.2, -0.15) is 0 Å². The van der Waals surface area contributed by atoms with Crippen LogP contribution in [0.4, 0.5) is 0 Å². The largest absolute Gasteiger partial charge is 1.00 e. The Labute approximate surface area is 148 Å². The zero-order valence-corrected chi connectivity index (χ0v) is 18.5. The summed E-state index contributed by atoms with van der Waals surface area (Å²) in [4.78, 5) is 0. The van der Waals surface area contributed by atoms with Crippen molar-refractivity contribution in [3.8, 4) is 0 Å². The van der Waals surface area contributed by atoms with Crippen LogP contribution in [-0.4, -0.2) is 0 Å². The molecule has 3 heteroatoms. The Morgan fingerprint density at radius 3 is 1.52 bits per heavy atom. The van der Waals surface area contributed by atoms with Gasteiger partial charge in [-0.1, -0.05) is 0 Å². The molecule has 0 atom stereocenters. The normalized spacial score (nSPS) is 15.5. The van der Waals surface area contributed by atoms with Crippen molar-refractivity contribution in [2.45, 2.75) is 60.7 Å². The van der Waals surface area contributed by atoms with Gasteiger partial charge in [0.25, 0.3) is 0 Å². The summed E-state index contributed by atoms with van der Waals surface area (Å²) in [6.45, 7) is 4.70. The van der Waals surface area contributed by atoms with E-state index in [1.54, 1.807) is 8.35 Å². The average Bonchev–Trinajstić information content (AvgIpc) is 3.12. The van der Waals surface area contributed by atoms with E-state index in [4.69, 9.17) is 0 Å². The number of hydrogen-bond acceptors (Lipinski definition) is 0. The van der Waals surface area contributed by atoms with Crippen molar-refractivity contribution in [1.29, 1.82) is 0 Å². The van der Waals surface area contributed by atoms with Gasteiger partial charge in [0.15, 0.2) is 0 Å². The molecule has 2 aliphatic carbocycles. The van der Waals surface area contributed by atoms with Crippen molar-refractivity contribution >= 4 is 0 Å². The minimum Gasteiger partial charge on any atom is -1.00 e. The van der Waals surface area contributed by atoms with E-state index in [0.717, 1.165) is 0 Å². The van der Waals surface area contributed by atoms with Crippen LogP contribution < -0.4 is 24.8 Å². The van der Waals surface area contributed by atoms with E-state index >= 15 is 0 Å². The van der Waals surface area contributed by atoms with Gasteiger partial charge in [0.1, 0.15) is 0 Å². The van der Waals surface area contributed by atoms with Gasteiger partial charge in [-0.15, -0.1) is 0 Å². The van der Waals surface area contributed by atoms with Crippen LogP contribution in [0.2, 0.25) is 8.35 Å². The summed E-state index contributed by atoms with van der Waals surface area (Å²) in [5.74, 6) is 0. The first-order valence-corrected chi connectivity index (χ1v) is 16.7. The maximum atomic E-state index is 2.49. The molecule has 0 amide bonds. The van der Waals surface area contributed by atoms with Crippen LogP contribution in [0.5, 0.6) is 0 Å². The monoisotopic (exact) mass is 494 g/mol. The predicted molar refractivity (Wildman–Crippen MR) is 83.1 cm³/mol.